The first kappa shape index (κ1) is 16.4. The molecule has 0 saturated carbocycles. The van der Waals surface area contributed by atoms with Gasteiger partial charge in [-0.15, -0.1) is 5.10 Å². The lowest BCUT2D eigenvalue weighted by molar-refractivity contribution is 0.0993. The van der Waals surface area contributed by atoms with Crippen molar-refractivity contribution in [1.82, 2.24) is 20.2 Å². The number of ketones is 1. The van der Waals surface area contributed by atoms with Gasteiger partial charge in [-0.3, -0.25) is 4.79 Å². The number of benzene rings is 2. The van der Waals surface area contributed by atoms with Gasteiger partial charge in [0.05, 0.1) is 10.9 Å². The van der Waals surface area contributed by atoms with E-state index in [0.717, 1.165) is 16.8 Å². The summed E-state index contributed by atoms with van der Waals surface area (Å²) < 4.78 is 1.65. The minimum absolute atomic E-state index is 0.0747. The zero-order valence-corrected chi connectivity index (χ0v) is 14.6. The number of tetrazole rings is 1. The summed E-state index contributed by atoms with van der Waals surface area (Å²) in [7, 11) is 0. The molecule has 0 N–H and O–H groups in total. The van der Waals surface area contributed by atoms with Crippen molar-refractivity contribution in [3.05, 3.63) is 65.2 Å². The Hall–Kier alpha value is -2.47. The molecule has 0 unspecified atom stereocenters. The molecule has 6 heteroatoms. The molecule has 0 bridgehead atoms. The lowest BCUT2D eigenvalue weighted by Crippen LogP contribution is -2.15. The van der Waals surface area contributed by atoms with Crippen molar-refractivity contribution in [1.29, 1.82) is 0 Å². The Morgan fingerprint density at radius 2 is 1.83 bits per heavy atom. The van der Waals surface area contributed by atoms with Crippen LogP contribution in [0.5, 0.6) is 0 Å². The van der Waals surface area contributed by atoms with E-state index in [1.165, 1.54) is 17.3 Å². The van der Waals surface area contributed by atoms with Crippen molar-refractivity contribution in [2.75, 3.05) is 0 Å². The first-order valence-electron chi connectivity index (χ1n) is 7.68. The van der Waals surface area contributed by atoms with Crippen molar-refractivity contribution >= 4 is 17.5 Å². The van der Waals surface area contributed by atoms with E-state index in [4.69, 9.17) is 0 Å². The summed E-state index contributed by atoms with van der Waals surface area (Å²) in [5.74, 6) is 0.0747. The Morgan fingerprint density at radius 1 is 1.08 bits per heavy atom. The second kappa shape index (κ2) is 6.97. The van der Waals surface area contributed by atoms with Crippen molar-refractivity contribution in [3.8, 4) is 5.69 Å². The van der Waals surface area contributed by atoms with E-state index < -0.39 is 0 Å². The Bertz CT molecular complexity index is 860. The molecule has 0 saturated heterocycles. The Balaban J connectivity index is 1.80. The van der Waals surface area contributed by atoms with Gasteiger partial charge in [0.15, 0.2) is 5.78 Å². The van der Waals surface area contributed by atoms with Crippen LogP contribution in [0.4, 0.5) is 0 Å². The Kier molecular flexibility index (Phi) is 4.76. The standard InChI is InChI=1S/C18H18N4OS/c1-12-9-10-15(11-13(12)2)17(23)14(3)24-18-19-20-21-22(18)16-7-5-4-6-8-16/h4-11,14H,1-3H3/t14-/m0/s1. The molecule has 0 amide bonds. The molecule has 1 aromatic heterocycles. The summed E-state index contributed by atoms with van der Waals surface area (Å²) in [5, 5.41) is 12.1. The van der Waals surface area contributed by atoms with Crippen molar-refractivity contribution in [2.24, 2.45) is 0 Å². The summed E-state index contributed by atoms with van der Waals surface area (Å²) in [6, 6.07) is 15.4. The molecule has 2 aromatic carbocycles. The molecule has 0 radical (unpaired) electrons. The maximum Gasteiger partial charge on any atom is 0.214 e. The van der Waals surface area contributed by atoms with Gasteiger partial charge < -0.3 is 0 Å². The summed E-state index contributed by atoms with van der Waals surface area (Å²) >= 11 is 1.36. The van der Waals surface area contributed by atoms with Crippen LogP contribution in [0.25, 0.3) is 5.69 Å². The molecule has 0 aliphatic rings. The smallest absolute Gasteiger partial charge is 0.214 e. The fraction of sp³-hybridized carbons (Fsp3) is 0.222. The van der Waals surface area contributed by atoms with Gasteiger partial charge >= 0.3 is 0 Å². The van der Waals surface area contributed by atoms with Gasteiger partial charge in [-0.25, -0.2) is 0 Å². The summed E-state index contributed by atoms with van der Waals surface area (Å²) in [6.45, 7) is 5.93. The van der Waals surface area contributed by atoms with E-state index in [-0.39, 0.29) is 11.0 Å². The number of nitrogens with zero attached hydrogens (tertiary/aromatic N) is 4. The second-order valence-electron chi connectivity index (χ2n) is 5.63. The fourth-order valence-electron chi connectivity index (χ4n) is 2.32. The molecule has 5 nitrogen and oxygen atoms in total. The van der Waals surface area contributed by atoms with Crippen LogP contribution >= 0.6 is 11.8 Å². The van der Waals surface area contributed by atoms with E-state index in [9.17, 15) is 4.79 Å². The number of para-hydroxylation sites is 1. The summed E-state index contributed by atoms with van der Waals surface area (Å²) in [4.78, 5) is 12.7. The molecule has 0 aliphatic carbocycles. The number of carbonyl (C=O) groups is 1. The summed E-state index contributed by atoms with van der Waals surface area (Å²) in [5.41, 5.74) is 3.89. The minimum atomic E-state index is -0.277. The third-order valence-corrected chi connectivity index (χ3v) is 4.92. The normalized spacial score (nSPS) is 12.1. The number of hydrogen-bond acceptors (Lipinski definition) is 5. The van der Waals surface area contributed by atoms with Crippen LogP contribution in [-0.2, 0) is 0 Å². The average molecular weight is 338 g/mol. The van der Waals surface area contributed by atoms with Crippen molar-refractivity contribution in [2.45, 2.75) is 31.2 Å². The predicted octanol–water partition coefficient (Wildman–Crippen LogP) is 3.64. The monoisotopic (exact) mass is 338 g/mol. The van der Waals surface area contributed by atoms with Crippen LogP contribution in [0.2, 0.25) is 0 Å². The number of Topliss-reactive ketones (excluding diaryl/α,β-unsaturated/α-hetero) is 1. The molecule has 0 aliphatic heterocycles. The highest BCUT2D eigenvalue weighted by atomic mass is 32.2. The van der Waals surface area contributed by atoms with Crippen molar-refractivity contribution < 1.29 is 4.79 Å². The molecule has 1 atom stereocenters. The first-order chi connectivity index (χ1) is 11.6. The topological polar surface area (TPSA) is 60.7 Å². The highest BCUT2D eigenvalue weighted by molar-refractivity contribution is 8.00. The highest BCUT2D eigenvalue weighted by Crippen LogP contribution is 2.25. The van der Waals surface area contributed by atoms with E-state index in [2.05, 4.69) is 15.5 Å². The Morgan fingerprint density at radius 3 is 2.54 bits per heavy atom. The Labute approximate surface area is 145 Å². The third kappa shape index (κ3) is 3.38. The quantitative estimate of drug-likeness (QED) is 0.525. The van der Waals surface area contributed by atoms with E-state index in [1.807, 2.05) is 69.3 Å². The molecular formula is C18H18N4OS. The van der Waals surface area contributed by atoms with E-state index >= 15 is 0 Å². The van der Waals surface area contributed by atoms with Crippen LogP contribution < -0.4 is 0 Å². The van der Waals surface area contributed by atoms with Crippen LogP contribution in [0.1, 0.15) is 28.4 Å². The third-order valence-electron chi connectivity index (χ3n) is 3.88. The molecule has 3 aromatic rings. The average Bonchev–Trinajstić information content (AvgIpc) is 3.05. The highest BCUT2D eigenvalue weighted by Gasteiger charge is 2.20. The molecule has 24 heavy (non-hydrogen) atoms. The minimum Gasteiger partial charge on any atom is -0.293 e. The SMILES string of the molecule is Cc1ccc(C(=O)[C@H](C)Sc2nnnn2-c2ccccc2)cc1C. The first-order valence-corrected chi connectivity index (χ1v) is 8.56. The van der Waals surface area contributed by atoms with Crippen LogP contribution in [0.15, 0.2) is 53.7 Å². The van der Waals surface area contributed by atoms with Crippen LogP contribution in [0, 0.1) is 13.8 Å². The molecule has 0 spiro atoms. The van der Waals surface area contributed by atoms with Gasteiger partial charge in [-0.1, -0.05) is 42.1 Å². The maximum atomic E-state index is 12.7. The number of aryl methyl sites for hydroxylation is 2. The number of hydrogen-bond donors (Lipinski definition) is 0. The number of thioether (sulfide) groups is 1. The van der Waals surface area contributed by atoms with Gasteiger partial charge in [0.2, 0.25) is 5.16 Å². The van der Waals surface area contributed by atoms with Crippen molar-refractivity contribution in [3.63, 3.8) is 0 Å². The maximum absolute atomic E-state index is 12.7. The number of rotatable bonds is 5. The summed E-state index contributed by atoms with van der Waals surface area (Å²) in [6.07, 6.45) is 0. The lowest BCUT2D eigenvalue weighted by Gasteiger charge is -2.11. The molecule has 1 heterocycles. The molecule has 3 rings (SSSR count). The number of aromatic nitrogens is 4. The molecule has 0 fully saturated rings. The van der Waals surface area contributed by atoms with Gasteiger partial charge in [-0.2, -0.15) is 4.68 Å². The van der Waals surface area contributed by atoms with E-state index in [0.29, 0.717) is 5.16 Å². The van der Waals surface area contributed by atoms with Gasteiger partial charge in [-0.05, 0) is 60.5 Å². The zero-order chi connectivity index (χ0) is 17.1. The number of carbonyl (C=O) groups excluding carboxylic acids is 1. The van der Waals surface area contributed by atoms with Crippen LogP contribution in [-0.4, -0.2) is 31.2 Å². The largest absolute Gasteiger partial charge is 0.293 e. The zero-order valence-electron chi connectivity index (χ0n) is 13.8. The van der Waals surface area contributed by atoms with E-state index in [1.54, 1.807) is 4.68 Å². The van der Waals surface area contributed by atoms with Gasteiger partial charge in [0.1, 0.15) is 0 Å². The van der Waals surface area contributed by atoms with Gasteiger partial charge in [0.25, 0.3) is 0 Å². The predicted molar refractivity (Wildman–Crippen MR) is 94.7 cm³/mol. The molecule has 122 valence electrons. The fourth-order valence-corrected chi connectivity index (χ4v) is 3.21. The second-order valence-corrected chi connectivity index (χ2v) is 6.94. The molecular weight excluding hydrogens is 320 g/mol. The lowest BCUT2D eigenvalue weighted by atomic mass is 10.0. The van der Waals surface area contributed by atoms with Crippen LogP contribution in [0.3, 0.4) is 0 Å². The van der Waals surface area contributed by atoms with Gasteiger partial charge in [0, 0.05) is 5.56 Å².